The van der Waals surface area contributed by atoms with Gasteiger partial charge < -0.3 is 4.57 Å². The summed E-state index contributed by atoms with van der Waals surface area (Å²) in [5, 5.41) is 0.697. The van der Waals surface area contributed by atoms with E-state index in [1.165, 1.54) is 28.8 Å². The lowest BCUT2D eigenvalue weighted by Crippen LogP contribution is -2.23. The zero-order valence-corrected chi connectivity index (χ0v) is 26.0. The first-order valence-corrected chi connectivity index (χ1v) is 16.0. The average molecular weight is 642 g/mol. The van der Waals surface area contributed by atoms with Crippen molar-refractivity contribution < 1.29 is 18.0 Å². The van der Waals surface area contributed by atoms with Crippen molar-refractivity contribution in [2.75, 3.05) is 5.75 Å². The van der Waals surface area contributed by atoms with Crippen molar-refractivity contribution in [2.45, 2.75) is 51.4 Å². The Labute approximate surface area is 259 Å². The minimum atomic E-state index is -4.61. The van der Waals surface area contributed by atoms with E-state index in [0.717, 1.165) is 30.9 Å². The normalized spacial score (nSPS) is 15.2. The summed E-state index contributed by atoms with van der Waals surface area (Å²) >= 11 is 8.57. The molecule has 2 aromatic carbocycles. The molecule has 0 unspecified atom stereocenters. The topological polar surface area (TPSA) is 56.9 Å². The summed E-state index contributed by atoms with van der Waals surface area (Å²) in [5.41, 5.74) is 2.47. The maximum absolute atomic E-state index is 14.0. The number of alkyl halides is 3. The summed E-state index contributed by atoms with van der Waals surface area (Å²) in [7, 11) is 0. The van der Waals surface area contributed by atoms with Crippen LogP contribution >= 0.6 is 34.7 Å². The number of para-hydroxylation sites is 1. The van der Waals surface area contributed by atoms with Gasteiger partial charge in [-0.15, -0.1) is 11.3 Å². The molecule has 0 amide bonds. The third-order valence-electron chi connectivity index (χ3n) is 7.89. The van der Waals surface area contributed by atoms with Crippen molar-refractivity contribution >= 4 is 50.7 Å². The Balaban J connectivity index is 1.36. The van der Waals surface area contributed by atoms with Crippen molar-refractivity contribution in [2.24, 2.45) is 5.92 Å². The second kappa shape index (κ2) is 11.3. The number of halogens is 4. The molecule has 5 nitrogen and oxygen atoms in total. The number of benzene rings is 2. The Morgan fingerprint density at radius 1 is 1.09 bits per heavy atom. The molecule has 0 bridgehead atoms. The van der Waals surface area contributed by atoms with Gasteiger partial charge in [0.2, 0.25) is 0 Å². The number of hydrogen-bond acceptors (Lipinski definition) is 5. The molecule has 0 spiro atoms. The monoisotopic (exact) mass is 641 g/mol. The Kier molecular flexibility index (Phi) is 7.81. The average Bonchev–Trinajstić information content (AvgIpc) is 3.47. The van der Waals surface area contributed by atoms with Crippen LogP contribution in [0.25, 0.3) is 21.6 Å². The van der Waals surface area contributed by atoms with Gasteiger partial charge in [-0.1, -0.05) is 48.5 Å². The predicted octanol–water partition coefficient (Wildman–Crippen LogP) is 8.63. The standard InChI is InChI=1S/C32H27ClF3N3O2S2/c1-17-9-11-22-27(13-17)43-29-28(22)30(41)39(20-7-5-4-6-8-20)31(37-29)42-16-26(40)23-14-18(2)38(19(23)3)21-10-12-25(33)24(15-21)32(34,35)36/h4-8,10,12,14-15,17H,9,11,13,16H2,1-3H3/t17-/m0/s1. The van der Waals surface area contributed by atoms with E-state index in [1.54, 1.807) is 40.4 Å². The Morgan fingerprint density at radius 2 is 1.84 bits per heavy atom. The van der Waals surface area contributed by atoms with Gasteiger partial charge in [-0.05, 0) is 81.0 Å². The molecule has 0 saturated heterocycles. The molecule has 0 aliphatic heterocycles. The minimum Gasteiger partial charge on any atom is -0.318 e. The number of aryl methyl sites for hydroxylation is 2. The van der Waals surface area contributed by atoms with Crippen LogP contribution < -0.4 is 5.56 Å². The molecule has 5 aromatic rings. The van der Waals surface area contributed by atoms with E-state index in [0.29, 0.717) is 43.9 Å². The van der Waals surface area contributed by atoms with Crippen LogP contribution in [0.15, 0.2) is 64.5 Å². The molecule has 11 heteroatoms. The molecule has 222 valence electrons. The lowest BCUT2D eigenvalue weighted by Gasteiger charge is -2.17. The first-order valence-electron chi connectivity index (χ1n) is 13.8. The number of thiophene rings is 1. The molecule has 0 N–H and O–H groups in total. The number of rotatable bonds is 6. The van der Waals surface area contributed by atoms with Gasteiger partial charge >= 0.3 is 6.18 Å². The number of Topliss-reactive ketones (excluding diaryl/α,β-unsaturated/α-hetero) is 1. The molecule has 1 atom stereocenters. The van der Waals surface area contributed by atoms with Gasteiger partial charge in [-0.25, -0.2) is 4.98 Å². The molecule has 3 heterocycles. The van der Waals surface area contributed by atoms with E-state index < -0.39 is 11.7 Å². The fourth-order valence-electron chi connectivity index (χ4n) is 5.79. The van der Waals surface area contributed by atoms with Crippen LogP contribution in [0.5, 0.6) is 0 Å². The van der Waals surface area contributed by atoms with Crippen LogP contribution in [0.1, 0.15) is 51.1 Å². The van der Waals surface area contributed by atoms with E-state index in [9.17, 15) is 22.8 Å². The highest BCUT2D eigenvalue weighted by atomic mass is 35.5. The van der Waals surface area contributed by atoms with Gasteiger partial charge in [0.25, 0.3) is 5.56 Å². The van der Waals surface area contributed by atoms with Gasteiger partial charge in [-0.3, -0.25) is 14.2 Å². The van der Waals surface area contributed by atoms with Crippen molar-refractivity contribution in [3.63, 3.8) is 0 Å². The summed E-state index contributed by atoms with van der Waals surface area (Å²) in [4.78, 5) is 34.4. The Morgan fingerprint density at radius 3 is 2.56 bits per heavy atom. The second-order valence-electron chi connectivity index (χ2n) is 10.9. The molecule has 1 aliphatic rings. The Hall–Kier alpha value is -3.34. The number of hydrogen-bond donors (Lipinski definition) is 0. The zero-order valence-electron chi connectivity index (χ0n) is 23.6. The van der Waals surface area contributed by atoms with Crippen LogP contribution in [0.3, 0.4) is 0 Å². The zero-order chi connectivity index (χ0) is 30.6. The molecule has 3 aromatic heterocycles. The molecule has 0 saturated carbocycles. The first kappa shape index (κ1) is 29.7. The lowest BCUT2D eigenvalue weighted by atomic mass is 9.89. The predicted molar refractivity (Wildman–Crippen MR) is 167 cm³/mol. The van der Waals surface area contributed by atoms with Gasteiger partial charge in [0.15, 0.2) is 10.9 Å². The van der Waals surface area contributed by atoms with Crippen molar-refractivity contribution in [3.05, 3.63) is 103 Å². The lowest BCUT2D eigenvalue weighted by molar-refractivity contribution is -0.137. The number of ketones is 1. The molecular formula is C32H27ClF3N3O2S2. The SMILES string of the molecule is Cc1cc(C(=O)CSc2nc3sc4c(c3c(=O)n2-c2ccccc2)CC[C@H](C)C4)c(C)n1-c1ccc(Cl)c(C(F)(F)F)c1. The highest BCUT2D eigenvalue weighted by molar-refractivity contribution is 7.99. The van der Waals surface area contributed by atoms with Crippen LogP contribution in [0.4, 0.5) is 13.2 Å². The highest BCUT2D eigenvalue weighted by Gasteiger charge is 2.34. The quantitative estimate of drug-likeness (QED) is 0.106. The smallest absolute Gasteiger partial charge is 0.318 e. The fourth-order valence-corrected chi connectivity index (χ4v) is 8.34. The number of nitrogens with zero attached hydrogens (tertiary/aromatic N) is 3. The van der Waals surface area contributed by atoms with Gasteiger partial charge in [0.05, 0.1) is 27.4 Å². The van der Waals surface area contributed by atoms with Crippen LogP contribution in [-0.2, 0) is 19.0 Å². The number of fused-ring (bicyclic) bond motifs is 3. The fraction of sp³-hybridized carbons (Fsp3) is 0.281. The molecule has 1 aliphatic carbocycles. The Bertz CT molecular complexity index is 1940. The van der Waals surface area contributed by atoms with E-state index in [4.69, 9.17) is 16.6 Å². The maximum atomic E-state index is 14.0. The number of aromatic nitrogens is 3. The van der Waals surface area contributed by atoms with E-state index >= 15 is 0 Å². The molecule has 43 heavy (non-hydrogen) atoms. The van der Waals surface area contributed by atoms with Crippen LogP contribution in [0, 0.1) is 19.8 Å². The van der Waals surface area contributed by atoms with E-state index in [2.05, 4.69) is 6.92 Å². The highest BCUT2D eigenvalue weighted by Crippen LogP contribution is 2.38. The summed E-state index contributed by atoms with van der Waals surface area (Å²) in [6.45, 7) is 5.66. The molecule has 0 fully saturated rings. The van der Waals surface area contributed by atoms with Gasteiger partial charge in [-0.2, -0.15) is 13.2 Å². The summed E-state index contributed by atoms with van der Waals surface area (Å²) < 4.78 is 43.8. The third kappa shape index (κ3) is 5.45. The van der Waals surface area contributed by atoms with Crippen molar-refractivity contribution in [1.29, 1.82) is 0 Å². The summed E-state index contributed by atoms with van der Waals surface area (Å²) in [6, 6.07) is 14.6. The minimum absolute atomic E-state index is 0.00832. The third-order valence-corrected chi connectivity index (χ3v) is 10.3. The summed E-state index contributed by atoms with van der Waals surface area (Å²) in [6.07, 6.45) is -1.81. The molecular weight excluding hydrogens is 615 g/mol. The maximum Gasteiger partial charge on any atom is 0.417 e. The molecule has 6 rings (SSSR count). The second-order valence-corrected chi connectivity index (χ2v) is 13.3. The van der Waals surface area contributed by atoms with Crippen LogP contribution in [0.2, 0.25) is 5.02 Å². The van der Waals surface area contributed by atoms with Crippen molar-refractivity contribution in [3.8, 4) is 11.4 Å². The van der Waals surface area contributed by atoms with Gasteiger partial charge in [0, 0.05) is 27.5 Å². The van der Waals surface area contributed by atoms with E-state index in [-0.39, 0.29) is 27.8 Å². The first-order chi connectivity index (χ1) is 20.4. The number of thioether (sulfide) groups is 1. The number of carbonyl (C=O) groups excluding carboxylic acids is 1. The summed E-state index contributed by atoms with van der Waals surface area (Å²) in [5.74, 6) is 0.323. The molecule has 0 radical (unpaired) electrons. The number of carbonyl (C=O) groups is 1. The van der Waals surface area contributed by atoms with Gasteiger partial charge in [0.1, 0.15) is 4.83 Å². The van der Waals surface area contributed by atoms with Crippen LogP contribution in [-0.4, -0.2) is 25.7 Å². The largest absolute Gasteiger partial charge is 0.417 e. The van der Waals surface area contributed by atoms with Crippen molar-refractivity contribution in [1.82, 2.24) is 14.1 Å². The van der Waals surface area contributed by atoms with E-state index in [1.807, 2.05) is 30.3 Å².